The van der Waals surface area contributed by atoms with Crippen molar-refractivity contribution in [2.24, 2.45) is 0 Å². The number of rotatable bonds is 15. The molecule has 0 radical (unpaired) electrons. The smallest absolute Gasteiger partial charge is 0.545 e. The van der Waals surface area contributed by atoms with Crippen LogP contribution in [-0.2, 0) is 0 Å². The van der Waals surface area contributed by atoms with Gasteiger partial charge in [-0.3, -0.25) is 0 Å². The zero-order valence-electron chi connectivity index (χ0n) is 29.4. The Morgan fingerprint density at radius 3 is 1.10 bits per heavy atom. The van der Waals surface area contributed by atoms with Gasteiger partial charge in [0.25, 0.3) is 0 Å². The van der Waals surface area contributed by atoms with E-state index in [-0.39, 0.29) is 54.4 Å². The Labute approximate surface area is 319 Å². The van der Waals surface area contributed by atoms with E-state index in [0.29, 0.717) is 53.8 Å². The maximum atomic E-state index is 10.9. The number of allylic oxidation sites excluding steroid dienone is 3. The Bertz CT molecular complexity index is 1370. The first-order valence-corrected chi connectivity index (χ1v) is 15.8. The van der Waals surface area contributed by atoms with Crippen molar-refractivity contribution in [3.8, 4) is 17.2 Å². The quantitative estimate of drug-likeness (QED) is 0.123. The average molecular weight is 700 g/mol. The summed E-state index contributed by atoms with van der Waals surface area (Å²) < 4.78 is 16.4. The first kappa shape index (κ1) is 44.9. The van der Waals surface area contributed by atoms with Gasteiger partial charge >= 0.3 is 49.7 Å². The van der Waals surface area contributed by atoms with Gasteiger partial charge in [0, 0.05) is 22.3 Å². The molecule has 0 aliphatic heterocycles. The van der Waals surface area contributed by atoms with E-state index in [9.17, 15) is 19.5 Å². The SMILES string of the molecule is CC/C=C\COc1cccc(C(=O)O)c1C.CC/C=C\COc1cccc(C(=O)O)c1C.CC/C=C\COc1cccc(C(=O)[O-])c1C.[Ca+2]. The molecule has 2 N–H and O–H groups in total. The van der Waals surface area contributed by atoms with Crippen LogP contribution < -0.4 is 19.3 Å². The van der Waals surface area contributed by atoms with Crippen LogP contribution in [0.4, 0.5) is 0 Å². The minimum absolute atomic E-state index is 0. The summed E-state index contributed by atoms with van der Waals surface area (Å²) in [6.45, 7) is 12.7. The van der Waals surface area contributed by atoms with Gasteiger partial charge in [-0.2, -0.15) is 0 Å². The fourth-order valence-corrected chi connectivity index (χ4v) is 4.11. The summed E-state index contributed by atoms with van der Waals surface area (Å²) in [4.78, 5) is 32.5. The summed E-state index contributed by atoms with van der Waals surface area (Å²) in [5.74, 6) is -1.19. The molecule has 3 rings (SSSR count). The molecule has 0 aliphatic carbocycles. The van der Waals surface area contributed by atoms with Crippen LogP contribution in [0.5, 0.6) is 17.2 Å². The molecular weight excluding hydrogens is 652 g/mol. The van der Waals surface area contributed by atoms with E-state index >= 15 is 0 Å². The summed E-state index contributed by atoms with van der Waals surface area (Å²) in [5, 5.41) is 28.6. The molecule has 0 atom stereocenters. The van der Waals surface area contributed by atoms with Gasteiger partial charge in [0.15, 0.2) is 0 Å². The van der Waals surface area contributed by atoms with Crippen molar-refractivity contribution in [1.29, 1.82) is 0 Å². The zero-order valence-corrected chi connectivity index (χ0v) is 31.6. The van der Waals surface area contributed by atoms with E-state index in [1.54, 1.807) is 69.3 Å². The second-order valence-corrected chi connectivity index (χ2v) is 10.3. The Balaban J connectivity index is 0.000000698. The topological polar surface area (TPSA) is 142 Å². The molecule has 0 aliphatic rings. The van der Waals surface area contributed by atoms with Crippen LogP contribution in [0.1, 0.15) is 87.8 Å². The number of carboxylic acid groups (broad SMARTS) is 3. The molecule has 49 heavy (non-hydrogen) atoms. The predicted octanol–water partition coefficient (Wildman–Crippen LogP) is 7.40. The van der Waals surface area contributed by atoms with Gasteiger partial charge < -0.3 is 34.3 Å². The molecule has 9 nitrogen and oxygen atoms in total. The second kappa shape index (κ2) is 25.9. The van der Waals surface area contributed by atoms with Crippen molar-refractivity contribution in [2.45, 2.75) is 60.8 Å². The number of carbonyl (C=O) groups is 3. The summed E-state index contributed by atoms with van der Waals surface area (Å²) in [6.07, 6.45) is 14.7. The van der Waals surface area contributed by atoms with Gasteiger partial charge in [-0.1, -0.05) is 81.5 Å². The Kier molecular flexibility index (Phi) is 23.8. The van der Waals surface area contributed by atoms with Crippen molar-refractivity contribution in [1.82, 2.24) is 0 Å². The third kappa shape index (κ3) is 16.8. The molecule has 0 spiro atoms. The molecule has 3 aromatic carbocycles. The number of hydrogen-bond donors (Lipinski definition) is 2. The van der Waals surface area contributed by atoms with Crippen molar-refractivity contribution >= 4 is 55.6 Å². The summed E-state index contributed by atoms with van der Waals surface area (Å²) >= 11 is 0. The van der Waals surface area contributed by atoms with E-state index < -0.39 is 17.9 Å². The molecule has 0 saturated heterocycles. The van der Waals surface area contributed by atoms with Crippen molar-refractivity contribution in [3.63, 3.8) is 0 Å². The Hall–Kier alpha value is -4.05. The van der Waals surface area contributed by atoms with Gasteiger partial charge in [0.2, 0.25) is 0 Å². The normalized spacial score (nSPS) is 10.4. The van der Waals surface area contributed by atoms with Crippen LogP contribution in [0, 0.1) is 20.8 Å². The standard InChI is InChI=1S/3C13H16O3.Ca/c3*1-3-4-5-9-16-12-8-6-7-11(10(12)2)13(14)15;/h3*4-8H,3,9H2,1-2H3,(H,14,15);/q;;;+2/p-1/b3*5-4-;. The van der Waals surface area contributed by atoms with Crippen molar-refractivity contribution in [3.05, 3.63) is 124 Å². The molecule has 258 valence electrons. The zero-order chi connectivity index (χ0) is 35.9. The number of carbonyl (C=O) groups excluding carboxylic acids is 1. The minimum atomic E-state index is -1.17. The van der Waals surface area contributed by atoms with Gasteiger partial charge in [0.05, 0.1) is 17.1 Å². The van der Waals surface area contributed by atoms with Gasteiger partial charge in [-0.05, 0) is 70.4 Å². The van der Waals surface area contributed by atoms with Crippen LogP contribution in [0.15, 0.2) is 91.1 Å². The van der Waals surface area contributed by atoms with Crippen molar-refractivity contribution in [2.75, 3.05) is 19.8 Å². The van der Waals surface area contributed by atoms with Crippen LogP contribution in [-0.4, -0.2) is 85.7 Å². The van der Waals surface area contributed by atoms with E-state index in [1.165, 1.54) is 6.07 Å². The van der Waals surface area contributed by atoms with E-state index in [2.05, 4.69) is 0 Å². The molecule has 0 amide bonds. The fraction of sp³-hybridized carbons (Fsp3) is 0.308. The molecule has 0 unspecified atom stereocenters. The molecule has 0 aromatic heterocycles. The van der Waals surface area contributed by atoms with E-state index in [1.807, 2.05) is 57.2 Å². The maximum absolute atomic E-state index is 10.9. The third-order valence-electron chi connectivity index (χ3n) is 6.75. The summed E-state index contributed by atoms with van der Waals surface area (Å²) in [6, 6.07) is 15.0. The third-order valence-corrected chi connectivity index (χ3v) is 6.75. The number of benzene rings is 3. The molecular formula is C39H47CaO9+. The summed E-state index contributed by atoms with van der Waals surface area (Å²) in [7, 11) is 0. The van der Waals surface area contributed by atoms with E-state index in [0.717, 1.165) is 19.3 Å². The molecule has 0 heterocycles. The fourth-order valence-electron chi connectivity index (χ4n) is 4.11. The first-order chi connectivity index (χ1) is 23.0. The molecule has 0 fully saturated rings. The number of carboxylic acids is 3. The molecule has 0 bridgehead atoms. The first-order valence-electron chi connectivity index (χ1n) is 15.8. The number of aromatic carboxylic acids is 3. The van der Waals surface area contributed by atoms with Crippen LogP contribution in [0.2, 0.25) is 0 Å². The monoisotopic (exact) mass is 699 g/mol. The van der Waals surface area contributed by atoms with E-state index in [4.69, 9.17) is 24.4 Å². The van der Waals surface area contributed by atoms with Crippen LogP contribution in [0.3, 0.4) is 0 Å². The van der Waals surface area contributed by atoms with Gasteiger partial charge in [-0.25, -0.2) is 9.59 Å². The Morgan fingerprint density at radius 1 is 0.551 bits per heavy atom. The second-order valence-electron chi connectivity index (χ2n) is 10.3. The number of ether oxygens (including phenoxy) is 3. The average Bonchev–Trinajstić information content (AvgIpc) is 3.05. The predicted molar refractivity (Wildman–Crippen MR) is 192 cm³/mol. The number of hydrogen-bond acceptors (Lipinski definition) is 7. The maximum Gasteiger partial charge on any atom is 2.00 e. The van der Waals surface area contributed by atoms with Gasteiger partial charge in [0.1, 0.15) is 37.1 Å². The Morgan fingerprint density at radius 2 is 0.837 bits per heavy atom. The van der Waals surface area contributed by atoms with Crippen LogP contribution >= 0.6 is 0 Å². The minimum Gasteiger partial charge on any atom is -0.545 e. The molecule has 0 saturated carbocycles. The van der Waals surface area contributed by atoms with Gasteiger partial charge in [-0.15, -0.1) is 0 Å². The van der Waals surface area contributed by atoms with Crippen molar-refractivity contribution < 1.29 is 43.9 Å². The molecule has 3 aromatic rings. The van der Waals surface area contributed by atoms with Crippen LogP contribution in [0.25, 0.3) is 0 Å². The largest absolute Gasteiger partial charge is 2.00 e. The summed E-state index contributed by atoms with van der Waals surface area (Å²) in [5.41, 5.74) is 2.69. The molecule has 10 heteroatoms.